The van der Waals surface area contributed by atoms with Crippen LogP contribution >= 0.6 is 11.6 Å². The normalized spacial score (nSPS) is 12.0. The molecule has 2 aromatic heterocycles. The molecular formula is C9H11ClN4O2S. The summed E-state index contributed by atoms with van der Waals surface area (Å²) in [5.74, 6) is 0. The minimum Gasteiger partial charge on any atom is -0.271 e. The van der Waals surface area contributed by atoms with E-state index in [0.717, 1.165) is 4.09 Å². The van der Waals surface area contributed by atoms with Crippen molar-refractivity contribution in [2.24, 2.45) is 7.05 Å². The van der Waals surface area contributed by atoms with Crippen molar-refractivity contribution in [3.8, 4) is 0 Å². The first-order valence-corrected chi connectivity index (χ1v) is 6.62. The molecule has 8 heteroatoms. The quantitative estimate of drug-likeness (QED) is 0.823. The zero-order chi connectivity index (χ0) is 12.8. The van der Waals surface area contributed by atoms with Gasteiger partial charge in [0.1, 0.15) is 4.90 Å². The molecule has 6 nitrogen and oxygen atoms in total. The Bertz CT molecular complexity index is 671. The molecule has 0 aliphatic heterocycles. The lowest BCUT2D eigenvalue weighted by Crippen LogP contribution is -2.15. The molecule has 17 heavy (non-hydrogen) atoms. The zero-order valence-corrected chi connectivity index (χ0v) is 11.1. The van der Waals surface area contributed by atoms with Crippen molar-refractivity contribution >= 4 is 21.6 Å². The Morgan fingerprint density at radius 1 is 1.35 bits per heavy atom. The van der Waals surface area contributed by atoms with Gasteiger partial charge in [-0.05, 0) is 13.8 Å². The van der Waals surface area contributed by atoms with Gasteiger partial charge in [0.05, 0.1) is 28.8 Å². The third kappa shape index (κ3) is 1.85. The van der Waals surface area contributed by atoms with Crippen molar-refractivity contribution in [3.05, 3.63) is 28.8 Å². The van der Waals surface area contributed by atoms with E-state index < -0.39 is 10.0 Å². The summed E-state index contributed by atoms with van der Waals surface area (Å²) < 4.78 is 27.0. The van der Waals surface area contributed by atoms with Crippen LogP contribution in [0.5, 0.6) is 0 Å². The highest BCUT2D eigenvalue weighted by molar-refractivity contribution is 7.90. The van der Waals surface area contributed by atoms with E-state index in [1.54, 1.807) is 20.9 Å². The van der Waals surface area contributed by atoms with Crippen molar-refractivity contribution in [2.75, 3.05) is 0 Å². The number of hydrogen-bond donors (Lipinski definition) is 0. The first-order valence-electron chi connectivity index (χ1n) is 4.80. The summed E-state index contributed by atoms with van der Waals surface area (Å²) in [5.41, 5.74) is 1.01. The molecule has 2 aromatic rings. The number of hydrogen-bond acceptors (Lipinski definition) is 4. The fourth-order valence-electron chi connectivity index (χ4n) is 1.64. The van der Waals surface area contributed by atoms with Gasteiger partial charge in [-0.2, -0.15) is 22.7 Å². The summed E-state index contributed by atoms with van der Waals surface area (Å²) >= 11 is 5.67. The van der Waals surface area contributed by atoms with E-state index in [4.69, 9.17) is 11.6 Å². The van der Waals surface area contributed by atoms with E-state index >= 15 is 0 Å². The van der Waals surface area contributed by atoms with Crippen molar-refractivity contribution in [1.82, 2.24) is 19.0 Å². The van der Waals surface area contributed by atoms with Gasteiger partial charge < -0.3 is 0 Å². The van der Waals surface area contributed by atoms with Crippen LogP contribution in [0, 0.1) is 13.8 Å². The van der Waals surface area contributed by atoms with Gasteiger partial charge in [0.2, 0.25) is 0 Å². The van der Waals surface area contributed by atoms with Crippen LogP contribution in [0.2, 0.25) is 5.02 Å². The Kier molecular flexibility index (Phi) is 2.75. The number of nitrogens with zero attached hydrogens (tertiary/aromatic N) is 4. The largest absolute Gasteiger partial charge is 0.286 e. The standard InChI is InChI=1S/C9H11ClN4O2S/c1-6-9(7(2)13(3)12-6)17(15,16)14-5-8(10)4-11-14/h4-5H,1-3H3. The second-order valence-corrected chi connectivity index (χ2v) is 5.83. The summed E-state index contributed by atoms with van der Waals surface area (Å²) in [4.78, 5) is 0.166. The van der Waals surface area contributed by atoms with Crippen LogP contribution in [0.4, 0.5) is 0 Å². The average Bonchev–Trinajstić information content (AvgIpc) is 2.73. The summed E-state index contributed by atoms with van der Waals surface area (Å²) in [6.45, 7) is 3.34. The third-order valence-corrected chi connectivity index (χ3v) is 4.47. The Balaban J connectivity index is 2.68. The maximum absolute atomic E-state index is 12.3. The van der Waals surface area contributed by atoms with Crippen LogP contribution in [0.1, 0.15) is 11.4 Å². The third-order valence-electron chi connectivity index (χ3n) is 2.48. The average molecular weight is 275 g/mol. The lowest BCUT2D eigenvalue weighted by molar-refractivity contribution is 0.578. The van der Waals surface area contributed by atoms with E-state index in [9.17, 15) is 8.42 Å². The Morgan fingerprint density at radius 3 is 2.41 bits per heavy atom. The van der Waals surface area contributed by atoms with E-state index in [2.05, 4.69) is 10.2 Å². The highest BCUT2D eigenvalue weighted by Gasteiger charge is 2.26. The summed E-state index contributed by atoms with van der Waals surface area (Å²) in [6.07, 6.45) is 2.53. The van der Waals surface area contributed by atoms with Crippen LogP contribution < -0.4 is 0 Å². The van der Waals surface area contributed by atoms with Gasteiger partial charge in [0.15, 0.2) is 0 Å². The summed E-state index contributed by atoms with van der Waals surface area (Å²) in [5, 5.41) is 8.06. The van der Waals surface area contributed by atoms with Crippen LogP contribution in [-0.2, 0) is 17.1 Å². The number of halogens is 1. The second-order valence-electron chi connectivity index (χ2n) is 3.66. The minimum atomic E-state index is -3.72. The lowest BCUT2D eigenvalue weighted by Gasteiger charge is -2.04. The van der Waals surface area contributed by atoms with Crippen LogP contribution in [0.15, 0.2) is 17.3 Å². The fourth-order valence-corrected chi connectivity index (χ4v) is 3.36. The van der Waals surface area contributed by atoms with Crippen LogP contribution in [-0.4, -0.2) is 27.4 Å². The fraction of sp³-hybridized carbons (Fsp3) is 0.333. The van der Waals surface area contributed by atoms with Crippen molar-refractivity contribution < 1.29 is 8.42 Å². The van der Waals surface area contributed by atoms with Crippen molar-refractivity contribution in [3.63, 3.8) is 0 Å². The van der Waals surface area contributed by atoms with Crippen LogP contribution in [0.25, 0.3) is 0 Å². The molecule has 0 radical (unpaired) electrons. The van der Waals surface area contributed by atoms with Gasteiger partial charge in [-0.15, -0.1) is 0 Å². The maximum Gasteiger partial charge on any atom is 0.286 e. The molecule has 2 heterocycles. The van der Waals surface area contributed by atoms with Gasteiger partial charge in [-0.3, -0.25) is 4.68 Å². The number of rotatable bonds is 2. The molecule has 0 saturated heterocycles. The molecule has 0 atom stereocenters. The predicted octanol–water partition coefficient (Wildman–Crippen LogP) is 1.12. The van der Waals surface area contributed by atoms with E-state index in [1.807, 2.05) is 0 Å². The predicted molar refractivity (Wildman–Crippen MR) is 62.5 cm³/mol. The van der Waals surface area contributed by atoms with Crippen molar-refractivity contribution in [2.45, 2.75) is 18.7 Å². The first kappa shape index (κ1) is 12.1. The monoisotopic (exact) mass is 274 g/mol. The summed E-state index contributed by atoms with van der Waals surface area (Å²) in [7, 11) is -2.03. The Hall–Kier alpha value is -1.34. The minimum absolute atomic E-state index is 0.166. The first-order chi connectivity index (χ1) is 7.84. The molecule has 0 fully saturated rings. The van der Waals surface area contributed by atoms with Crippen LogP contribution in [0.3, 0.4) is 0 Å². The van der Waals surface area contributed by atoms with Gasteiger partial charge in [-0.1, -0.05) is 11.6 Å². The lowest BCUT2D eigenvalue weighted by atomic mass is 10.4. The zero-order valence-electron chi connectivity index (χ0n) is 9.55. The number of aryl methyl sites for hydroxylation is 2. The molecule has 0 unspecified atom stereocenters. The van der Waals surface area contributed by atoms with Gasteiger partial charge in [-0.25, -0.2) is 0 Å². The SMILES string of the molecule is Cc1nn(C)c(C)c1S(=O)(=O)n1cc(Cl)cn1. The smallest absolute Gasteiger partial charge is 0.271 e. The molecule has 0 N–H and O–H groups in total. The molecule has 0 aliphatic carbocycles. The molecule has 0 spiro atoms. The maximum atomic E-state index is 12.3. The Morgan fingerprint density at radius 2 is 2.00 bits per heavy atom. The topological polar surface area (TPSA) is 69.8 Å². The second kappa shape index (κ2) is 3.85. The summed E-state index contributed by atoms with van der Waals surface area (Å²) in [6, 6.07) is 0. The molecule has 0 amide bonds. The molecule has 0 saturated carbocycles. The van der Waals surface area contributed by atoms with Gasteiger partial charge >= 0.3 is 0 Å². The van der Waals surface area contributed by atoms with E-state index in [-0.39, 0.29) is 9.92 Å². The van der Waals surface area contributed by atoms with Gasteiger partial charge in [0, 0.05) is 7.05 Å². The van der Waals surface area contributed by atoms with Crippen molar-refractivity contribution in [1.29, 1.82) is 0 Å². The van der Waals surface area contributed by atoms with E-state index in [1.165, 1.54) is 17.1 Å². The molecule has 92 valence electrons. The molecule has 0 aromatic carbocycles. The van der Waals surface area contributed by atoms with Gasteiger partial charge in [0.25, 0.3) is 10.0 Å². The molecule has 2 rings (SSSR count). The Labute approximate surface area is 104 Å². The number of aromatic nitrogens is 4. The highest BCUT2D eigenvalue weighted by Crippen LogP contribution is 2.21. The van der Waals surface area contributed by atoms with E-state index in [0.29, 0.717) is 11.4 Å². The highest BCUT2D eigenvalue weighted by atomic mass is 35.5. The molecule has 0 bridgehead atoms. The molecule has 0 aliphatic rings. The molecular weight excluding hydrogens is 264 g/mol.